The van der Waals surface area contributed by atoms with Gasteiger partial charge >= 0.3 is 6.18 Å². The van der Waals surface area contributed by atoms with E-state index in [0.29, 0.717) is 24.3 Å². The van der Waals surface area contributed by atoms with Gasteiger partial charge in [0.05, 0.1) is 23.6 Å². The molecule has 1 aromatic carbocycles. The number of nitrogens with zero attached hydrogens (tertiary/aromatic N) is 4. The first-order valence-electron chi connectivity index (χ1n) is 9.77. The van der Waals surface area contributed by atoms with Crippen LogP contribution in [-0.2, 0) is 6.18 Å². The Hall–Kier alpha value is -3.11. The summed E-state index contributed by atoms with van der Waals surface area (Å²) in [7, 11) is 3.45. The first-order valence-corrected chi connectivity index (χ1v) is 9.77. The zero-order valence-corrected chi connectivity index (χ0v) is 17.6. The zero-order valence-electron chi connectivity index (χ0n) is 17.6. The predicted octanol–water partition coefficient (Wildman–Crippen LogP) is 1.90. The molecule has 1 unspecified atom stereocenters. The van der Waals surface area contributed by atoms with Crippen molar-refractivity contribution in [2.24, 2.45) is 5.73 Å². The summed E-state index contributed by atoms with van der Waals surface area (Å²) < 4.78 is 46.6. The van der Waals surface area contributed by atoms with Crippen molar-refractivity contribution in [1.82, 2.24) is 15.4 Å². The van der Waals surface area contributed by atoms with E-state index in [1.54, 1.807) is 30.1 Å². The zero-order chi connectivity index (χ0) is 23.5. The van der Waals surface area contributed by atoms with E-state index in [9.17, 15) is 18.4 Å². The summed E-state index contributed by atoms with van der Waals surface area (Å²) in [6, 6.07) is 7.26. The molecule has 1 aliphatic rings. The monoisotopic (exact) mass is 451 g/mol. The van der Waals surface area contributed by atoms with Crippen LogP contribution in [0.4, 0.5) is 24.5 Å². The van der Waals surface area contributed by atoms with Gasteiger partial charge in [0.25, 0.3) is 0 Å². The summed E-state index contributed by atoms with van der Waals surface area (Å²) in [5.74, 6) is -0.287. The Bertz CT molecular complexity index is 1010. The molecule has 2 aromatic rings. The molecule has 1 aliphatic heterocycles. The maximum Gasteiger partial charge on any atom is 0.419 e. The number of fused-ring (bicyclic) bond motifs is 1. The number of hydrazine groups is 2. The van der Waals surface area contributed by atoms with Gasteiger partial charge in [-0.1, -0.05) is 0 Å². The maximum atomic E-state index is 13.7. The molecule has 5 N–H and O–H groups in total. The van der Waals surface area contributed by atoms with Crippen LogP contribution in [0.2, 0.25) is 0 Å². The van der Waals surface area contributed by atoms with E-state index in [4.69, 9.17) is 15.6 Å². The second-order valence-electron chi connectivity index (χ2n) is 7.40. The Morgan fingerprint density at radius 2 is 2.12 bits per heavy atom. The lowest BCUT2D eigenvalue weighted by Crippen LogP contribution is -2.35. The molecule has 0 spiro atoms. The van der Waals surface area contributed by atoms with Crippen molar-refractivity contribution in [3.05, 3.63) is 35.5 Å². The summed E-state index contributed by atoms with van der Waals surface area (Å²) >= 11 is 0. The van der Waals surface area contributed by atoms with Crippen molar-refractivity contribution in [3.8, 4) is 23.1 Å². The van der Waals surface area contributed by atoms with E-state index in [1.807, 2.05) is 6.07 Å². The standard InChI is InChI=1S/C20H24F3N7O2/c1-29(11-18(25)31)6-3-7-32-17-5-4-12(8-13(17)20(21,22)23)14-9-16-19(15(10-24)26-14)27-28-30(16)2/h4-5,8-9,18,27-28,31H,3,6-7,11,25H2,1-2H3. The fourth-order valence-electron chi connectivity index (χ4n) is 3.31. The SMILES string of the molecule is CN(CCCOc1ccc(-c2cc3c(c(C#N)n2)NNN3C)cc1C(F)(F)F)CC(N)O. The van der Waals surface area contributed by atoms with Crippen molar-refractivity contribution in [3.63, 3.8) is 0 Å². The fourth-order valence-corrected chi connectivity index (χ4v) is 3.31. The van der Waals surface area contributed by atoms with E-state index >= 15 is 0 Å². The number of aliphatic hydroxyl groups is 1. The van der Waals surface area contributed by atoms with Crippen molar-refractivity contribution in [2.75, 3.05) is 44.2 Å². The van der Waals surface area contributed by atoms with Crippen LogP contribution >= 0.6 is 0 Å². The molecule has 9 nitrogen and oxygen atoms in total. The molecule has 32 heavy (non-hydrogen) atoms. The fraction of sp³-hybridized carbons (Fsp3) is 0.400. The van der Waals surface area contributed by atoms with Crippen molar-refractivity contribution < 1.29 is 23.0 Å². The highest BCUT2D eigenvalue weighted by molar-refractivity contribution is 5.81. The number of hydrogen-bond acceptors (Lipinski definition) is 9. The lowest BCUT2D eigenvalue weighted by atomic mass is 10.0. The first kappa shape index (κ1) is 23.6. The van der Waals surface area contributed by atoms with Crippen LogP contribution in [0, 0.1) is 11.3 Å². The minimum absolute atomic E-state index is 0.0608. The second kappa shape index (κ2) is 9.58. The molecule has 0 fully saturated rings. The van der Waals surface area contributed by atoms with Crippen LogP contribution < -0.4 is 26.4 Å². The Morgan fingerprint density at radius 1 is 1.38 bits per heavy atom. The van der Waals surface area contributed by atoms with E-state index in [0.717, 1.165) is 6.07 Å². The quantitative estimate of drug-likeness (QED) is 0.352. The van der Waals surface area contributed by atoms with Crippen molar-refractivity contribution in [2.45, 2.75) is 18.8 Å². The molecule has 0 radical (unpaired) electrons. The van der Waals surface area contributed by atoms with Crippen molar-refractivity contribution >= 4 is 11.4 Å². The summed E-state index contributed by atoms with van der Waals surface area (Å²) in [5, 5.41) is 20.1. The number of likely N-dealkylation sites (N-methyl/N-ethyl adjacent to an activating group) is 1. The third-order valence-electron chi connectivity index (χ3n) is 4.84. The molecule has 0 amide bonds. The minimum atomic E-state index is -4.64. The second-order valence-corrected chi connectivity index (χ2v) is 7.40. The Kier molecular flexibility index (Phi) is 7.05. The number of halogens is 3. The number of nitrogens with one attached hydrogen (secondary N) is 2. The molecule has 0 aliphatic carbocycles. The van der Waals surface area contributed by atoms with Gasteiger partial charge in [0.1, 0.15) is 23.7 Å². The van der Waals surface area contributed by atoms with E-state index in [-0.39, 0.29) is 35.9 Å². The molecule has 3 rings (SSSR count). The highest BCUT2D eigenvalue weighted by Crippen LogP contribution is 2.40. The normalized spacial score (nSPS) is 14.2. The summed E-state index contributed by atoms with van der Waals surface area (Å²) in [6.07, 6.45) is -5.17. The number of nitriles is 1. The average Bonchev–Trinajstić information content (AvgIpc) is 3.10. The van der Waals surface area contributed by atoms with Crippen LogP contribution in [0.3, 0.4) is 0 Å². The van der Waals surface area contributed by atoms with Gasteiger partial charge in [-0.3, -0.25) is 10.4 Å². The molecular formula is C20H24F3N7O2. The van der Waals surface area contributed by atoms with Crippen LogP contribution in [-0.4, -0.2) is 55.0 Å². The first-order chi connectivity index (χ1) is 15.1. The van der Waals surface area contributed by atoms with Gasteiger partial charge < -0.3 is 20.5 Å². The number of rotatable bonds is 8. The highest BCUT2D eigenvalue weighted by atomic mass is 19.4. The number of ether oxygens (including phenoxy) is 1. The molecule has 1 aromatic heterocycles. The minimum Gasteiger partial charge on any atom is -0.493 e. The number of nitrogens with two attached hydrogens (primary N) is 1. The molecular weight excluding hydrogens is 427 g/mol. The lowest BCUT2D eigenvalue weighted by molar-refractivity contribution is -0.138. The molecule has 172 valence electrons. The van der Waals surface area contributed by atoms with E-state index < -0.39 is 18.0 Å². The summed E-state index contributed by atoms with van der Waals surface area (Å²) in [6.45, 7) is 0.811. The number of alkyl halides is 3. The number of anilines is 2. The van der Waals surface area contributed by atoms with Crippen LogP contribution in [0.25, 0.3) is 11.3 Å². The topological polar surface area (TPSA) is 123 Å². The lowest BCUT2D eigenvalue weighted by Gasteiger charge is -2.19. The van der Waals surface area contributed by atoms with Gasteiger partial charge in [-0.2, -0.15) is 18.4 Å². The van der Waals surface area contributed by atoms with Crippen molar-refractivity contribution in [1.29, 1.82) is 5.26 Å². The van der Waals surface area contributed by atoms with Crippen LogP contribution in [0.5, 0.6) is 5.75 Å². The predicted molar refractivity (Wildman–Crippen MR) is 112 cm³/mol. The smallest absolute Gasteiger partial charge is 0.419 e. The Labute approximate surface area is 183 Å². The van der Waals surface area contributed by atoms with Gasteiger partial charge in [-0.05, 0) is 37.7 Å². The van der Waals surface area contributed by atoms with Gasteiger partial charge in [0.15, 0.2) is 5.69 Å². The number of benzene rings is 1. The molecule has 2 heterocycles. The van der Waals surface area contributed by atoms with E-state index in [1.165, 1.54) is 12.1 Å². The number of hydrogen-bond donors (Lipinski definition) is 4. The molecule has 12 heteroatoms. The van der Waals surface area contributed by atoms with Crippen LogP contribution in [0.1, 0.15) is 17.7 Å². The molecule has 1 atom stereocenters. The molecule has 0 saturated heterocycles. The third kappa shape index (κ3) is 5.38. The highest BCUT2D eigenvalue weighted by Gasteiger charge is 2.35. The van der Waals surface area contributed by atoms with Gasteiger partial charge in [0, 0.05) is 25.7 Å². The Balaban J connectivity index is 1.82. The average molecular weight is 451 g/mol. The van der Waals surface area contributed by atoms with Gasteiger partial charge in [0.2, 0.25) is 0 Å². The largest absolute Gasteiger partial charge is 0.493 e. The van der Waals surface area contributed by atoms with Crippen LogP contribution in [0.15, 0.2) is 24.3 Å². The number of aromatic nitrogens is 1. The number of pyridine rings is 1. The summed E-state index contributed by atoms with van der Waals surface area (Å²) in [4.78, 5) is 5.96. The number of aliphatic hydroxyl groups excluding tert-OH is 1. The summed E-state index contributed by atoms with van der Waals surface area (Å²) in [5.41, 5.74) is 11.5. The Morgan fingerprint density at radius 3 is 2.78 bits per heavy atom. The molecule has 0 bridgehead atoms. The van der Waals surface area contributed by atoms with E-state index in [2.05, 4.69) is 15.9 Å². The molecule has 0 saturated carbocycles. The third-order valence-corrected chi connectivity index (χ3v) is 4.84. The van der Waals surface area contributed by atoms with Gasteiger partial charge in [-0.15, -0.1) is 5.53 Å². The van der Waals surface area contributed by atoms with Gasteiger partial charge in [-0.25, -0.2) is 4.98 Å². The maximum absolute atomic E-state index is 13.7.